The number of carbonyl (C=O) groups is 1. The van der Waals surface area contributed by atoms with E-state index in [2.05, 4.69) is 4.74 Å². The molecule has 0 unspecified atom stereocenters. The number of ether oxygens (including phenoxy) is 1. The fourth-order valence-electron chi connectivity index (χ4n) is 0.264. The van der Waals surface area contributed by atoms with Gasteiger partial charge in [-0.1, -0.05) is 0 Å². The van der Waals surface area contributed by atoms with E-state index in [0.717, 1.165) is 0 Å². The van der Waals surface area contributed by atoms with Crippen LogP contribution < -0.4 is 0 Å². The molecule has 15 heavy (non-hydrogen) atoms. The Morgan fingerprint density at radius 2 is 1.60 bits per heavy atom. The van der Waals surface area contributed by atoms with Crippen LogP contribution in [0.2, 0.25) is 0 Å². The van der Waals surface area contributed by atoms with E-state index in [0.29, 0.717) is 0 Å². The second-order valence-electron chi connectivity index (χ2n) is 3.30. The number of alkyl halides is 3. The molecule has 0 aromatic carbocycles. The lowest BCUT2D eigenvalue weighted by Crippen LogP contribution is -2.21. The van der Waals surface area contributed by atoms with E-state index in [-0.39, 0.29) is 0 Å². The molecule has 0 heterocycles. The number of rotatable bonds is 1. The molecule has 0 spiro atoms. The molecule has 90 valence electrons. The average Bonchev–Trinajstić information content (AvgIpc) is 2.01. The molecule has 7 heteroatoms. The van der Waals surface area contributed by atoms with Crippen molar-refractivity contribution in [1.82, 2.24) is 0 Å². The minimum absolute atomic E-state index is 0.399. The van der Waals surface area contributed by atoms with E-state index in [9.17, 15) is 26.7 Å². The number of esters is 1. The molecule has 0 aliphatic heterocycles. The smallest absolute Gasteiger partial charge is 0.379 e. The van der Waals surface area contributed by atoms with Gasteiger partial charge in [0, 0.05) is 0 Å². The van der Waals surface area contributed by atoms with Gasteiger partial charge in [-0.15, -0.1) is 0 Å². The Balaban J connectivity index is 0. The first-order valence-electron chi connectivity index (χ1n) is 3.71. The molecule has 0 fully saturated rings. The Hall–Kier alpha value is -1.14. The maximum absolute atomic E-state index is 12.0. The van der Waals surface area contributed by atoms with Crippen LogP contribution in [0.1, 0.15) is 20.8 Å². The maximum Gasteiger partial charge on any atom is 0.379 e. The van der Waals surface area contributed by atoms with Gasteiger partial charge in [0.25, 0.3) is 0 Å². The summed E-state index contributed by atoms with van der Waals surface area (Å²) in [6.45, 7) is 0.961. The molecule has 0 amide bonds. The Morgan fingerprint density at radius 3 is 1.80 bits per heavy atom. The molecule has 0 N–H and O–H groups in total. The van der Waals surface area contributed by atoms with Crippen molar-refractivity contribution in [1.29, 1.82) is 0 Å². The summed E-state index contributed by atoms with van der Waals surface area (Å²) in [7, 11) is 0. The third-order valence-electron chi connectivity index (χ3n) is 0.888. The molecule has 0 saturated heterocycles. The molecule has 0 aliphatic rings. The number of hydrogen-bond acceptors (Lipinski definition) is 2. The van der Waals surface area contributed by atoms with Gasteiger partial charge in [0.05, 0.1) is 5.41 Å². The van der Waals surface area contributed by atoms with Crippen molar-refractivity contribution >= 4 is 5.97 Å². The molecule has 2 nitrogen and oxygen atoms in total. The van der Waals surface area contributed by atoms with Crippen molar-refractivity contribution in [2.45, 2.75) is 27.5 Å². The summed E-state index contributed by atoms with van der Waals surface area (Å²) in [5.74, 6) is -0.802. The molecule has 0 aromatic heterocycles. The maximum atomic E-state index is 12.0. The highest BCUT2D eigenvalue weighted by atomic mass is 19.4. The summed E-state index contributed by atoms with van der Waals surface area (Å²) in [5.41, 5.74) is -0.819. The van der Waals surface area contributed by atoms with Gasteiger partial charge in [0.2, 0.25) is 0 Å². The van der Waals surface area contributed by atoms with Gasteiger partial charge >= 0.3 is 18.7 Å². The van der Waals surface area contributed by atoms with Crippen LogP contribution >= 0.6 is 0 Å². The minimum Gasteiger partial charge on any atom is -0.396 e. The molecule has 0 saturated carbocycles. The van der Waals surface area contributed by atoms with Crippen molar-refractivity contribution in [3.05, 3.63) is 12.3 Å². The standard InChI is InChI=1S/C7H10F2O2.CHF3/c1-7(2,3)6(10)11-5(9)4-8;2-1(3)4/h4H,1-3H3;1H/b5-4-;. The van der Waals surface area contributed by atoms with Gasteiger partial charge in [0.15, 0.2) is 6.33 Å². The van der Waals surface area contributed by atoms with Crippen molar-refractivity contribution < 1.29 is 31.5 Å². The van der Waals surface area contributed by atoms with E-state index in [1.165, 1.54) is 0 Å². The first-order chi connectivity index (χ1) is 6.61. The highest BCUT2D eigenvalue weighted by Gasteiger charge is 2.24. The molecule has 0 aromatic rings. The first kappa shape index (κ1) is 16.3. The third kappa shape index (κ3) is 12.9. The molecule has 0 rings (SSSR count). The third-order valence-corrected chi connectivity index (χ3v) is 0.888. The van der Waals surface area contributed by atoms with Crippen LogP contribution in [-0.2, 0) is 9.53 Å². The number of hydrogen-bond donors (Lipinski definition) is 0. The summed E-state index contributed by atoms with van der Waals surface area (Å²) in [6.07, 6.45) is -0.399. The average molecular weight is 234 g/mol. The fourth-order valence-corrected chi connectivity index (χ4v) is 0.264. The summed E-state index contributed by atoms with van der Waals surface area (Å²) >= 11 is 0. The second kappa shape index (κ2) is 7.19. The summed E-state index contributed by atoms with van der Waals surface area (Å²) in [6, 6.07) is -1.51. The lowest BCUT2D eigenvalue weighted by Gasteiger charge is -2.14. The van der Waals surface area contributed by atoms with Crippen LogP contribution in [0.3, 0.4) is 0 Å². The lowest BCUT2D eigenvalue weighted by atomic mass is 9.98. The topological polar surface area (TPSA) is 26.3 Å². The van der Waals surface area contributed by atoms with E-state index in [1.807, 2.05) is 0 Å². The first-order valence-corrected chi connectivity index (χ1v) is 3.71. The predicted octanol–water partition coefficient (Wildman–Crippen LogP) is 3.49. The largest absolute Gasteiger partial charge is 0.396 e. The van der Waals surface area contributed by atoms with Gasteiger partial charge in [-0.25, -0.2) is 4.39 Å². The van der Waals surface area contributed by atoms with Crippen LogP contribution in [0, 0.1) is 5.41 Å². The summed E-state index contributed by atoms with van der Waals surface area (Å²) in [5, 5.41) is 0. The van der Waals surface area contributed by atoms with Gasteiger partial charge < -0.3 is 4.74 Å². The Bertz CT molecular complexity index is 217. The SMILES string of the molecule is CC(C)(C)C(=O)O/C(F)=C\F.FC(F)F. The number of halogens is 5. The lowest BCUT2D eigenvalue weighted by molar-refractivity contribution is -0.150. The van der Waals surface area contributed by atoms with Crippen molar-refractivity contribution in [2.75, 3.05) is 0 Å². The monoisotopic (exact) mass is 234 g/mol. The van der Waals surface area contributed by atoms with E-state index >= 15 is 0 Å². The highest BCUT2D eigenvalue weighted by Crippen LogP contribution is 2.17. The van der Waals surface area contributed by atoms with Crippen LogP contribution in [-0.4, -0.2) is 12.6 Å². The quantitative estimate of drug-likeness (QED) is 0.394. The molecule has 0 atom stereocenters. The zero-order chi connectivity index (χ0) is 12.6. The minimum atomic E-state index is -3.67. The van der Waals surface area contributed by atoms with E-state index < -0.39 is 30.4 Å². The second-order valence-corrected chi connectivity index (χ2v) is 3.30. The normalized spacial score (nSPS) is 11.9. The Kier molecular flexibility index (Phi) is 7.81. The molecular weight excluding hydrogens is 223 g/mol. The number of carbonyl (C=O) groups excluding carboxylic acids is 1. The predicted molar refractivity (Wildman–Crippen MR) is 43.0 cm³/mol. The molecular formula is C8H11F5O2. The van der Waals surface area contributed by atoms with Crippen LogP contribution in [0.4, 0.5) is 22.0 Å². The molecule has 0 aliphatic carbocycles. The van der Waals surface area contributed by atoms with E-state index in [4.69, 9.17) is 0 Å². The zero-order valence-corrected chi connectivity index (χ0v) is 8.36. The van der Waals surface area contributed by atoms with Gasteiger partial charge in [-0.2, -0.15) is 17.6 Å². The van der Waals surface area contributed by atoms with E-state index in [1.54, 1.807) is 20.8 Å². The van der Waals surface area contributed by atoms with Crippen molar-refractivity contribution in [3.8, 4) is 0 Å². The Morgan fingerprint density at radius 1 is 1.27 bits per heavy atom. The van der Waals surface area contributed by atoms with Crippen LogP contribution in [0.5, 0.6) is 0 Å². The van der Waals surface area contributed by atoms with Gasteiger partial charge in [0.1, 0.15) is 0 Å². The molecule has 0 bridgehead atoms. The molecule has 0 radical (unpaired) electrons. The van der Waals surface area contributed by atoms with Crippen LogP contribution in [0.25, 0.3) is 0 Å². The van der Waals surface area contributed by atoms with Gasteiger partial charge in [-0.05, 0) is 20.8 Å². The van der Waals surface area contributed by atoms with Crippen molar-refractivity contribution in [2.24, 2.45) is 5.41 Å². The Labute approximate surface area is 83.7 Å². The van der Waals surface area contributed by atoms with Gasteiger partial charge in [-0.3, -0.25) is 4.79 Å². The summed E-state index contributed by atoms with van der Waals surface area (Å²) < 4.78 is 56.2. The zero-order valence-electron chi connectivity index (χ0n) is 8.36. The fraction of sp³-hybridized carbons (Fsp3) is 0.625. The highest BCUT2D eigenvalue weighted by molar-refractivity contribution is 5.76. The van der Waals surface area contributed by atoms with Crippen LogP contribution in [0.15, 0.2) is 12.3 Å². The van der Waals surface area contributed by atoms with Crippen molar-refractivity contribution in [3.63, 3.8) is 0 Å². The summed E-state index contributed by atoms with van der Waals surface area (Å²) in [4.78, 5) is 10.8.